The van der Waals surface area contributed by atoms with Crippen molar-refractivity contribution >= 4 is 60.3 Å². The van der Waals surface area contributed by atoms with Gasteiger partial charge in [-0.1, -0.05) is 84.6 Å². The maximum atomic E-state index is 5.05. The third kappa shape index (κ3) is 4.58. The summed E-state index contributed by atoms with van der Waals surface area (Å²) in [7, 11) is 0. The predicted molar refractivity (Wildman–Crippen MR) is 188 cm³/mol. The van der Waals surface area contributed by atoms with Crippen molar-refractivity contribution in [3.63, 3.8) is 0 Å². The van der Waals surface area contributed by atoms with Gasteiger partial charge in [0.2, 0.25) is 0 Å². The van der Waals surface area contributed by atoms with E-state index in [0.29, 0.717) is 17.5 Å². The lowest BCUT2D eigenvalue weighted by atomic mass is 10.1. The summed E-state index contributed by atoms with van der Waals surface area (Å²) in [5.41, 5.74) is 6.32. The maximum absolute atomic E-state index is 5.05. The van der Waals surface area contributed by atoms with Crippen molar-refractivity contribution < 1.29 is 0 Å². The van der Waals surface area contributed by atoms with E-state index in [1.54, 1.807) is 0 Å². The summed E-state index contributed by atoms with van der Waals surface area (Å²) in [6.45, 7) is 0. The van der Waals surface area contributed by atoms with Crippen molar-refractivity contribution in [2.24, 2.45) is 0 Å². The topological polar surface area (TPSA) is 41.9 Å². The van der Waals surface area contributed by atoms with Crippen LogP contribution in [0.5, 0.6) is 0 Å². The number of anilines is 3. The van der Waals surface area contributed by atoms with Crippen molar-refractivity contribution in [3.05, 3.63) is 146 Å². The van der Waals surface area contributed by atoms with Gasteiger partial charge in [0, 0.05) is 52.3 Å². The molecule has 0 amide bonds. The minimum absolute atomic E-state index is 0.649. The fourth-order valence-corrected chi connectivity index (χ4v) is 8.10. The lowest BCUT2D eigenvalue weighted by molar-refractivity contribution is 1.07. The molecule has 0 atom stereocenters. The predicted octanol–water partition coefficient (Wildman–Crippen LogP) is 11.2. The average molecular weight is 613 g/mol. The summed E-state index contributed by atoms with van der Waals surface area (Å²) in [5, 5.41) is 2.48. The Bertz CT molecular complexity index is 2320. The minimum Gasteiger partial charge on any atom is -0.308 e. The van der Waals surface area contributed by atoms with Gasteiger partial charge in [0.05, 0.1) is 11.4 Å². The molecule has 0 aliphatic carbocycles. The van der Waals surface area contributed by atoms with Crippen LogP contribution in [0.2, 0.25) is 0 Å². The Morgan fingerprint density at radius 2 is 0.956 bits per heavy atom. The van der Waals surface area contributed by atoms with Gasteiger partial charge in [0.25, 0.3) is 0 Å². The number of para-hydroxylation sites is 2. The van der Waals surface area contributed by atoms with Crippen LogP contribution in [0.4, 0.5) is 17.1 Å². The highest BCUT2D eigenvalue weighted by molar-refractivity contribution is 7.99. The van der Waals surface area contributed by atoms with E-state index in [2.05, 4.69) is 120 Å². The molecule has 1 aliphatic heterocycles. The number of fused-ring (bicyclic) bond motifs is 5. The molecule has 0 unspecified atom stereocenters. The van der Waals surface area contributed by atoms with E-state index in [4.69, 9.17) is 15.0 Å². The molecule has 0 spiro atoms. The van der Waals surface area contributed by atoms with Gasteiger partial charge in [0.15, 0.2) is 17.5 Å². The summed E-state index contributed by atoms with van der Waals surface area (Å²) >= 11 is 3.63. The zero-order valence-electron chi connectivity index (χ0n) is 24.0. The van der Waals surface area contributed by atoms with E-state index in [9.17, 15) is 0 Å². The summed E-state index contributed by atoms with van der Waals surface area (Å²) in [6.07, 6.45) is 0. The molecular formula is C39H24N4S2. The van der Waals surface area contributed by atoms with Crippen LogP contribution in [0.25, 0.3) is 54.3 Å². The number of nitrogens with zero attached hydrogens (tertiary/aromatic N) is 4. The largest absolute Gasteiger partial charge is 0.308 e. The van der Waals surface area contributed by atoms with Gasteiger partial charge in [0.1, 0.15) is 0 Å². The van der Waals surface area contributed by atoms with Crippen LogP contribution >= 0.6 is 23.1 Å². The fraction of sp³-hybridized carbons (Fsp3) is 0. The van der Waals surface area contributed by atoms with E-state index in [1.807, 2.05) is 53.4 Å². The molecule has 1 aliphatic rings. The molecule has 2 aromatic heterocycles. The summed E-state index contributed by atoms with van der Waals surface area (Å²) in [4.78, 5) is 19.8. The first-order valence-corrected chi connectivity index (χ1v) is 16.4. The van der Waals surface area contributed by atoms with Crippen LogP contribution in [-0.4, -0.2) is 15.0 Å². The molecule has 0 fully saturated rings. The molecule has 0 saturated heterocycles. The average Bonchev–Trinajstić information content (AvgIpc) is 3.49. The van der Waals surface area contributed by atoms with E-state index in [0.717, 1.165) is 22.4 Å². The highest BCUT2D eigenvalue weighted by Crippen LogP contribution is 2.51. The lowest BCUT2D eigenvalue weighted by Crippen LogP contribution is -2.14. The molecular weight excluding hydrogens is 589 g/mol. The molecule has 0 N–H and O–H groups in total. The number of hydrogen-bond donors (Lipinski definition) is 0. The summed E-state index contributed by atoms with van der Waals surface area (Å²) < 4.78 is 2.54. The lowest BCUT2D eigenvalue weighted by Gasteiger charge is -2.32. The molecule has 9 rings (SSSR count). The van der Waals surface area contributed by atoms with Gasteiger partial charge in [-0.05, 0) is 72.8 Å². The van der Waals surface area contributed by atoms with Gasteiger partial charge in [-0.15, -0.1) is 11.3 Å². The monoisotopic (exact) mass is 612 g/mol. The number of benzene rings is 6. The Morgan fingerprint density at radius 3 is 1.67 bits per heavy atom. The first-order chi connectivity index (χ1) is 22.3. The van der Waals surface area contributed by atoms with Crippen molar-refractivity contribution in [2.45, 2.75) is 9.79 Å². The second-order valence-corrected chi connectivity index (χ2v) is 13.1. The third-order valence-corrected chi connectivity index (χ3v) is 10.4. The van der Waals surface area contributed by atoms with E-state index >= 15 is 0 Å². The van der Waals surface area contributed by atoms with Crippen LogP contribution in [0.1, 0.15) is 0 Å². The molecule has 8 aromatic rings. The highest BCUT2D eigenvalue weighted by Gasteiger charge is 2.24. The quantitative estimate of drug-likeness (QED) is 0.198. The number of rotatable bonds is 4. The first kappa shape index (κ1) is 26.1. The third-order valence-electron chi connectivity index (χ3n) is 8.12. The zero-order valence-corrected chi connectivity index (χ0v) is 25.6. The zero-order chi connectivity index (χ0) is 29.7. The number of hydrogen-bond acceptors (Lipinski definition) is 6. The second kappa shape index (κ2) is 10.7. The maximum Gasteiger partial charge on any atom is 0.164 e. The Hall–Kier alpha value is -5.30. The molecule has 0 saturated carbocycles. The molecule has 3 heterocycles. The molecule has 6 aromatic carbocycles. The number of aromatic nitrogens is 3. The van der Waals surface area contributed by atoms with Gasteiger partial charge < -0.3 is 4.90 Å². The normalized spacial score (nSPS) is 12.3. The second-order valence-electron chi connectivity index (χ2n) is 10.9. The Labute approximate surface area is 268 Å². The van der Waals surface area contributed by atoms with Gasteiger partial charge >= 0.3 is 0 Å². The van der Waals surface area contributed by atoms with Gasteiger partial charge in [-0.2, -0.15) is 0 Å². The Kier molecular flexibility index (Phi) is 6.21. The molecule has 0 radical (unpaired) electrons. The van der Waals surface area contributed by atoms with Gasteiger partial charge in [-0.3, -0.25) is 0 Å². The van der Waals surface area contributed by atoms with Crippen LogP contribution in [0.15, 0.2) is 155 Å². The molecule has 0 bridgehead atoms. The standard InChI is InChI=1S/C39H24N4S2/c1-2-10-25(11-3-1)37-40-38(42-39(41-37)27-20-23-34-30(24-27)29-12-4-7-15-33(29)44-34)26-18-21-28(22-19-26)43-31-13-5-8-16-35(31)45-36-17-9-6-14-32(36)43/h1-24H. The number of thiophene rings is 1. The minimum atomic E-state index is 0.649. The van der Waals surface area contributed by atoms with E-state index < -0.39 is 0 Å². The van der Waals surface area contributed by atoms with Crippen molar-refractivity contribution in [1.29, 1.82) is 0 Å². The van der Waals surface area contributed by atoms with Crippen molar-refractivity contribution in [3.8, 4) is 34.2 Å². The molecule has 6 heteroatoms. The van der Waals surface area contributed by atoms with E-state index in [-0.39, 0.29) is 0 Å². The Balaban J connectivity index is 1.16. The SMILES string of the molecule is c1ccc(-c2nc(-c3ccc(N4c5ccccc5Sc5ccccc54)cc3)nc(-c3ccc4sc5ccccc5c4c3)n2)cc1. The highest BCUT2D eigenvalue weighted by atomic mass is 32.2. The Morgan fingerprint density at radius 1 is 0.422 bits per heavy atom. The molecule has 45 heavy (non-hydrogen) atoms. The van der Waals surface area contributed by atoms with Crippen LogP contribution < -0.4 is 4.90 Å². The van der Waals surface area contributed by atoms with Crippen LogP contribution in [0, 0.1) is 0 Å². The van der Waals surface area contributed by atoms with Crippen LogP contribution in [0.3, 0.4) is 0 Å². The van der Waals surface area contributed by atoms with Crippen molar-refractivity contribution in [1.82, 2.24) is 15.0 Å². The van der Waals surface area contributed by atoms with E-state index in [1.165, 1.54) is 41.3 Å². The summed E-state index contributed by atoms with van der Waals surface area (Å²) in [5.74, 6) is 1.97. The summed E-state index contributed by atoms with van der Waals surface area (Å²) in [6, 6.07) is 50.9. The molecule has 4 nitrogen and oxygen atoms in total. The van der Waals surface area contributed by atoms with Crippen LogP contribution in [-0.2, 0) is 0 Å². The molecule has 212 valence electrons. The fourth-order valence-electron chi connectivity index (χ4n) is 5.96. The van der Waals surface area contributed by atoms with Crippen molar-refractivity contribution in [2.75, 3.05) is 4.90 Å². The van der Waals surface area contributed by atoms with Gasteiger partial charge in [-0.25, -0.2) is 15.0 Å². The smallest absolute Gasteiger partial charge is 0.164 e. The first-order valence-electron chi connectivity index (χ1n) is 14.8.